The van der Waals surface area contributed by atoms with Crippen LogP contribution in [0.3, 0.4) is 0 Å². The monoisotopic (exact) mass is 257 g/mol. The normalized spacial score (nSPS) is 18.7. The van der Waals surface area contributed by atoms with Crippen LogP contribution in [0.1, 0.15) is 38.6 Å². The van der Waals surface area contributed by atoms with E-state index in [1.54, 1.807) is 0 Å². The van der Waals surface area contributed by atoms with E-state index in [2.05, 4.69) is 49.0 Å². The zero-order valence-electron chi connectivity index (χ0n) is 12.1. The zero-order valence-corrected chi connectivity index (χ0v) is 12.1. The summed E-state index contributed by atoms with van der Waals surface area (Å²) in [4.78, 5) is 4.75. The summed E-state index contributed by atoms with van der Waals surface area (Å²) >= 11 is 0. The van der Waals surface area contributed by atoms with Gasteiger partial charge in [0.05, 0.1) is 17.1 Å². The van der Waals surface area contributed by atoms with Gasteiger partial charge in [0.15, 0.2) is 0 Å². The van der Waals surface area contributed by atoms with E-state index in [0.717, 1.165) is 29.7 Å². The molecule has 0 bridgehead atoms. The van der Waals surface area contributed by atoms with Crippen molar-refractivity contribution in [2.75, 3.05) is 6.54 Å². The highest BCUT2D eigenvalue weighted by atomic mass is 15.1. The van der Waals surface area contributed by atoms with Crippen molar-refractivity contribution in [1.29, 1.82) is 0 Å². The van der Waals surface area contributed by atoms with Crippen LogP contribution in [0.2, 0.25) is 0 Å². The fraction of sp³-hybridized carbons (Fsp3) is 0.562. The SMILES string of the molecule is CC(NCC(C)C1CC1)c1nc2ccccc2n1C. The first-order valence-electron chi connectivity index (χ1n) is 7.31. The molecular formula is C16H23N3. The van der Waals surface area contributed by atoms with Gasteiger partial charge in [-0.2, -0.15) is 0 Å². The number of aromatic nitrogens is 2. The van der Waals surface area contributed by atoms with E-state index >= 15 is 0 Å². The summed E-state index contributed by atoms with van der Waals surface area (Å²) in [6.45, 7) is 5.65. The highest BCUT2D eigenvalue weighted by Gasteiger charge is 2.28. The topological polar surface area (TPSA) is 29.9 Å². The van der Waals surface area contributed by atoms with Gasteiger partial charge in [0, 0.05) is 7.05 Å². The van der Waals surface area contributed by atoms with Crippen LogP contribution in [-0.2, 0) is 7.05 Å². The molecule has 0 radical (unpaired) electrons. The predicted octanol–water partition coefficient (Wildman–Crippen LogP) is 3.27. The summed E-state index contributed by atoms with van der Waals surface area (Å²) in [6, 6.07) is 8.63. The summed E-state index contributed by atoms with van der Waals surface area (Å²) in [7, 11) is 2.10. The molecule has 2 aromatic rings. The summed E-state index contributed by atoms with van der Waals surface area (Å²) < 4.78 is 2.20. The third kappa shape index (κ3) is 2.52. The number of imidazole rings is 1. The van der Waals surface area contributed by atoms with Gasteiger partial charge >= 0.3 is 0 Å². The molecule has 2 unspecified atom stereocenters. The van der Waals surface area contributed by atoms with E-state index < -0.39 is 0 Å². The second kappa shape index (κ2) is 4.97. The Balaban J connectivity index is 1.73. The first-order chi connectivity index (χ1) is 9.16. The molecule has 0 saturated heterocycles. The van der Waals surface area contributed by atoms with Crippen molar-refractivity contribution in [1.82, 2.24) is 14.9 Å². The fourth-order valence-electron chi connectivity index (χ4n) is 2.84. The van der Waals surface area contributed by atoms with Gasteiger partial charge in [-0.25, -0.2) is 4.98 Å². The Kier molecular flexibility index (Phi) is 3.31. The molecule has 19 heavy (non-hydrogen) atoms. The van der Waals surface area contributed by atoms with Crippen LogP contribution in [0.4, 0.5) is 0 Å². The minimum atomic E-state index is 0.304. The number of hydrogen-bond donors (Lipinski definition) is 1. The lowest BCUT2D eigenvalue weighted by molar-refractivity contribution is 0.421. The number of hydrogen-bond acceptors (Lipinski definition) is 2. The summed E-state index contributed by atoms with van der Waals surface area (Å²) in [6.07, 6.45) is 2.84. The van der Waals surface area contributed by atoms with Crippen LogP contribution in [0.5, 0.6) is 0 Å². The number of rotatable bonds is 5. The Morgan fingerprint density at radius 2 is 2.05 bits per heavy atom. The Morgan fingerprint density at radius 1 is 1.32 bits per heavy atom. The van der Waals surface area contributed by atoms with Gasteiger partial charge < -0.3 is 9.88 Å². The Labute approximate surface area is 115 Å². The molecule has 1 N–H and O–H groups in total. The molecule has 1 saturated carbocycles. The molecule has 1 heterocycles. The third-order valence-electron chi connectivity index (χ3n) is 4.38. The smallest absolute Gasteiger partial charge is 0.126 e. The average molecular weight is 257 g/mol. The molecule has 2 atom stereocenters. The van der Waals surface area contributed by atoms with Crippen molar-refractivity contribution in [2.24, 2.45) is 18.9 Å². The van der Waals surface area contributed by atoms with E-state index in [-0.39, 0.29) is 0 Å². The summed E-state index contributed by atoms with van der Waals surface area (Å²) in [5.74, 6) is 2.88. The summed E-state index contributed by atoms with van der Waals surface area (Å²) in [5.41, 5.74) is 2.30. The Morgan fingerprint density at radius 3 is 2.74 bits per heavy atom. The second-order valence-corrected chi connectivity index (χ2v) is 5.96. The first-order valence-corrected chi connectivity index (χ1v) is 7.31. The van der Waals surface area contributed by atoms with E-state index in [9.17, 15) is 0 Å². The molecule has 102 valence electrons. The van der Waals surface area contributed by atoms with Gasteiger partial charge in [0.2, 0.25) is 0 Å². The molecule has 3 rings (SSSR count). The van der Waals surface area contributed by atoms with Gasteiger partial charge in [-0.05, 0) is 50.3 Å². The highest BCUT2D eigenvalue weighted by Crippen LogP contribution is 2.36. The molecule has 0 aliphatic heterocycles. The number of benzene rings is 1. The molecule has 0 spiro atoms. The number of nitrogens with one attached hydrogen (secondary N) is 1. The Hall–Kier alpha value is -1.35. The van der Waals surface area contributed by atoms with Gasteiger partial charge in [-0.3, -0.25) is 0 Å². The van der Waals surface area contributed by atoms with Crippen molar-refractivity contribution in [3.8, 4) is 0 Å². The second-order valence-electron chi connectivity index (χ2n) is 5.96. The van der Waals surface area contributed by atoms with Crippen molar-refractivity contribution < 1.29 is 0 Å². The molecule has 1 aromatic carbocycles. The first kappa shape index (κ1) is 12.7. The molecule has 1 aromatic heterocycles. The van der Waals surface area contributed by atoms with E-state index in [4.69, 9.17) is 4.98 Å². The fourth-order valence-corrected chi connectivity index (χ4v) is 2.84. The minimum Gasteiger partial charge on any atom is -0.330 e. The standard InChI is InChI=1S/C16H23N3/c1-11(13-8-9-13)10-17-12(2)16-18-14-6-4-5-7-15(14)19(16)3/h4-7,11-13,17H,8-10H2,1-3H3. The van der Waals surface area contributed by atoms with Crippen molar-refractivity contribution in [2.45, 2.75) is 32.7 Å². The maximum atomic E-state index is 4.75. The minimum absolute atomic E-state index is 0.304. The molecule has 1 fully saturated rings. The number of aryl methyl sites for hydroxylation is 1. The molecule has 1 aliphatic rings. The van der Waals surface area contributed by atoms with Gasteiger partial charge in [0.25, 0.3) is 0 Å². The molecule has 0 amide bonds. The number of nitrogens with zero attached hydrogens (tertiary/aromatic N) is 2. The highest BCUT2D eigenvalue weighted by molar-refractivity contribution is 5.75. The lowest BCUT2D eigenvalue weighted by Crippen LogP contribution is -2.27. The van der Waals surface area contributed by atoms with E-state index in [1.807, 2.05) is 6.07 Å². The quantitative estimate of drug-likeness (QED) is 0.891. The van der Waals surface area contributed by atoms with Crippen molar-refractivity contribution >= 4 is 11.0 Å². The van der Waals surface area contributed by atoms with Crippen molar-refractivity contribution in [3.63, 3.8) is 0 Å². The van der Waals surface area contributed by atoms with Crippen LogP contribution in [-0.4, -0.2) is 16.1 Å². The third-order valence-corrected chi connectivity index (χ3v) is 4.38. The summed E-state index contributed by atoms with van der Waals surface area (Å²) in [5, 5.41) is 3.64. The molecule has 1 aliphatic carbocycles. The maximum absolute atomic E-state index is 4.75. The molecule has 3 heteroatoms. The Bertz CT molecular complexity index is 568. The van der Waals surface area contributed by atoms with E-state index in [1.165, 1.54) is 18.4 Å². The molecule has 3 nitrogen and oxygen atoms in total. The van der Waals surface area contributed by atoms with Crippen LogP contribution < -0.4 is 5.32 Å². The zero-order chi connectivity index (χ0) is 13.4. The van der Waals surface area contributed by atoms with Crippen molar-refractivity contribution in [3.05, 3.63) is 30.1 Å². The van der Waals surface area contributed by atoms with E-state index in [0.29, 0.717) is 6.04 Å². The van der Waals surface area contributed by atoms with Crippen LogP contribution in [0.25, 0.3) is 11.0 Å². The lowest BCUT2D eigenvalue weighted by atomic mass is 10.1. The van der Waals surface area contributed by atoms with Gasteiger partial charge in [-0.15, -0.1) is 0 Å². The van der Waals surface area contributed by atoms with Gasteiger partial charge in [-0.1, -0.05) is 19.1 Å². The van der Waals surface area contributed by atoms with Crippen LogP contribution >= 0.6 is 0 Å². The van der Waals surface area contributed by atoms with Crippen LogP contribution in [0.15, 0.2) is 24.3 Å². The molecular weight excluding hydrogens is 234 g/mol. The predicted molar refractivity (Wildman–Crippen MR) is 79.0 cm³/mol. The average Bonchev–Trinajstić information content (AvgIpc) is 3.21. The van der Waals surface area contributed by atoms with Crippen LogP contribution in [0, 0.1) is 11.8 Å². The largest absolute Gasteiger partial charge is 0.330 e. The maximum Gasteiger partial charge on any atom is 0.126 e. The van der Waals surface area contributed by atoms with Gasteiger partial charge in [0.1, 0.15) is 5.82 Å². The lowest BCUT2D eigenvalue weighted by Gasteiger charge is -2.17. The number of fused-ring (bicyclic) bond motifs is 1. The number of para-hydroxylation sites is 2.